The Labute approximate surface area is 165 Å². The predicted molar refractivity (Wildman–Crippen MR) is 109 cm³/mol. The first-order chi connectivity index (χ1) is 13.7. The smallest absolute Gasteiger partial charge is 0.254 e. The summed E-state index contributed by atoms with van der Waals surface area (Å²) in [5, 5.41) is 4.60. The molecule has 0 saturated heterocycles. The third-order valence-corrected chi connectivity index (χ3v) is 6.04. The molecule has 3 aromatic rings. The van der Waals surface area contributed by atoms with Gasteiger partial charge in [0, 0.05) is 54.8 Å². The number of fused-ring (bicyclic) bond motifs is 1. The van der Waals surface area contributed by atoms with E-state index in [0.29, 0.717) is 6.54 Å². The van der Waals surface area contributed by atoms with Gasteiger partial charge in [-0.15, -0.1) is 0 Å². The molecule has 1 fully saturated rings. The Bertz CT molecular complexity index is 1030. The van der Waals surface area contributed by atoms with Gasteiger partial charge in [-0.1, -0.05) is 31.0 Å². The van der Waals surface area contributed by atoms with E-state index in [1.54, 1.807) is 4.90 Å². The SMILES string of the molecule is CN1Cc2ccc(-c3ncccc3-c3cnn(CC4CCCC4)c3)cc2C1=O. The number of carbonyl (C=O) groups excluding carboxylic acids is 1. The van der Waals surface area contributed by atoms with Gasteiger partial charge in [0.1, 0.15) is 0 Å². The second kappa shape index (κ2) is 6.89. The average Bonchev–Trinajstić information content (AvgIpc) is 3.45. The van der Waals surface area contributed by atoms with Crippen molar-refractivity contribution in [1.82, 2.24) is 19.7 Å². The highest BCUT2D eigenvalue weighted by atomic mass is 16.2. The van der Waals surface area contributed by atoms with E-state index in [1.165, 1.54) is 25.7 Å². The molecule has 1 aliphatic heterocycles. The fourth-order valence-corrected chi connectivity index (χ4v) is 4.52. The van der Waals surface area contributed by atoms with Crippen molar-refractivity contribution in [3.63, 3.8) is 0 Å². The minimum atomic E-state index is 0.0821. The van der Waals surface area contributed by atoms with Gasteiger partial charge in [0.25, 0.3) is 5.91 Å². The van der Waals surface area contributed by atoms with Crippen molar-refractivity contribution in [1.29, 1.82) is 0 Å². The first kappa shape index (κ1) is 17.2. The molecular formula is C23H24N4O. The lowest BCUT2D eigenvalue weighted by atomic mass is 9.98. The summed E-state index contributed by atoms with van der Waals surface area (Å²) in [6.45, 7) is 1.67. The van der Waals surface area contributed by atoms with Gasteiger partial charge in [-0.05, 0) is 36.5 Å². The maximum absolute atomic E-state index is 12.4. The number of rotatable bonds is 4. The Morgan fingerprint density at radius 2 is 1.96 bits per heavy atom. The molecule has 5 heteroatoms. The molecule has 1 aliphatic carbocycles. The summed E-state index contributed by atoms with van der Waals surface area (Å²) in [5.41, 5.74) is 5.87. The van der Waals surface area contributed by atoms with Crippen LogP contribution < -0.4 is 0 Å². The van der Waals surface area contributed by atoms with Crippen LogP contribution >= 0.6 is 0 Å². The van der Waals surface area contributed by atoms with Crippen molar-refractivity contribution in [2.75, 3.05) is 7.05 Å². The van der Waals surface area contributed by atoms with E-state index in [2.05, 4.69) is 33.1 Å². The summed E-state index contributed by atoms with van der Waals surface area (Å²) in [6, 6.07) is 10.1. The van der Waals surface area contributed by atoms with Crippen LogP contribution in [0.4, 0.5) is 0 Å². The van der Waals surface area contributed by atoms with Crippen LogP contribution in [-0.2, 0) is 13.1 Å². The van der Waals surface area contributed by atoms with Gasteiger partial charge >= 0.3 is 0 Å². The number of amides is 1. The standard InChI is InChI=1S/C23H24N4O/c1-26-14-18-9-8-17(11-21(18)23(26)28)22-20(7-4-10-24-22)19-12-25-27(15-19)13-16-5-2-3-6-16/h4,7-12,15-16H,2-3,5-6,13-14H2,1H3. The van der Waals surface area contributed by atoms with Crippen molar-refractivity contribution in [3.05, 3.63) is 60.0 Å². The Morgan fingerprint density at radius 3 is 2.82 bits per heavy atom. The largest absolute Gasteiger partial charge is 0.337 e. The molecule has 142 valence electrons. The fraction of sp³-hybridized carbons (Fsp3) is 0.348. The first-order valence-electron chi connectivity index (χ1n) is 10.1. The quantitative estimate of drug-likeness (QED) is 0.683. The number of aromatic nitrogens is 3. The van der Waals surface area contributed by atoms with Crippen LogP contribution in [0, 0.1) is 5.92 Å². The molecule has 0 bridgehead atoms. The van der Waals surface area contributed by atoms with Crippen LogP contribution in [0.2, 0.25) is 0 Å². The lowest BCUT2D eigenvalue weighted by Crippen LogP contribution is -2.17. The van der Waals surface area contributed by atoms with E-state index in [4.69, 9.17) is 0 Å². The maximum Gasteiger partial charge on any atom is 0.254 e. The van der Waals surface area contributed by atoms with Crippen LogP contribution in [0.1, 0.15) is 41.6 Å². The minimum absolute atomic E-state index is 0.0821. The molecule has 2 aliphatic rings. The van der Waals surface area contributed by atoms with E-state index in [-0.39, 0.29) is 5.91 Å². The van der Waals surface area contributed by atoms with E-state index in [0.717, 1.165) is 46.0 Å². The Hall–Kier alpha value is -2.95. The van der Waals surface area contributed by atoms with Crippen molar-refractivity contribution >= 4 is 5.91 Å². The van der Waals surface area contributed by atoms with Gasteiger partial charge in [0.05, 0.1) is 11.9 Å². The van der Waals surface area contributed by atoms with Gasteiger partial charge in [-0.3, -0.25) is 14.5 Å². The van der Waals surface area contributed by atoms with Gasteiger partial charge in [-0.2, -0.15) is 5.10 Å². The van der Waals surface area contributed by atoms with Crippen molar-refractivity contribution < 1.29 is 4.79 Å². The molecule has 2 aromatic heterocycles. The van der Waals surface area contributed by atoms with E-state index >= 15 is 0 Å². The molecule has 0 N–H and O–H groups in total. The molecule has 0 spiro atoms. The lowest BCUT2D eigenvalue weighted by molar-refractivity contribution is 0.0816. The molecule has 3 heterocycles. The maximum atomic E-state index is 12.4. The zero-order valence-corrected chi connectivity index (χ0v) is 16.1. The van der Waals surface area contributed by atoms with Crippen LogP contribution in [0.25, 0.3) is 22.4 Å². The highest BCUT2D eigenvalue weighted by Gasteiger charge is 2.25. The highest BCUT2D eigenvalue weighted by molar-refractivity contribution is 5.99. The summed E-state index contributed by atoms with van der Waals surface area (Å²) in [7, 11) is 1.84. The monoisotopic (exact) mass is 372 g/mol. The normalized spacial score (nSPS) is 16.8. The summed E-state index contributed by atoms with van der Waals surface area (Å²) < 4.78 is 2.07. The second-order valence-corrected chi connectivity index (χ2v) is 8.03. The number of benzene rings is 1. The molecule has 0 radical (unpaired) electrons. The van der Waals surface area contributed by atoms with E-state index < -0.39 is 0 Å². The number of hydrogen-bond acceptors (Lipinski definition) is 3. The summed E-state index contributed by atoms with van der Waals surface area (Å²) >= 11 is 0. The van der Waals surface area contributed by atoms with Crippen LogP contribution in [0.15, 0.2) is 48.9 Å². The van der Waals surface area contributed by atoms with Gasteiger partial charge in [0.15, 0.2) is 0 Å². The molecule has 5 rings (SSSR count). The van der Waals surface area contributed by atoms with Gasteiger partial charge in [-0.25, -0.2) is 0 Å². The third-order valence-electron chi connectivity index (χ3n) is 6.04. The Morgan fingerprint density at radius 1 is 1.11 bits per heavy atom. The van der Waals surface area contributed by atoms with Crippen LogP contribution in [-0.4, -0.2) is 32.6 Å². The first-order valence-corrected chi connectivity index (χ1v) is 10.1. The summed E-state index contributed by atoms with van der Waals surface area (Å²) in [4.78, 5) is 18.8. The predicted octanol–water partition coefficient (Wildman–Crippen LogP) is 4.39. The average molecular weight is 372 g/mol. The topological polar surface area (TPSA) is 51.0 Å². The van der Waals surface area contributed by atoms with E-state index in [1.807, 2.05) is 37.6 Å². The Balaban J connectivity index is 1.49. The number of nitrogens with zero attached hydrogens (tertiary/aromatic N) is 4. The van der Waals surface area contributed by atoms with E-state index in [9.17, 15) is 4.79 Å². The zero-order valence-electron chi connectivity index (χ0n) is 16.1. The zero-order chi connectivity index (χ0) is 19.1. The number of carbonyl (C=O) groups is 1. The lowest BCUT2D eigenvalue weighted by Gasteiger charge is -2.09. The molecule has 1 amide bonds. The van der Waals surface area contributed by atoms with Gasteiger partial charge < -0.3 is 4.90 Å². The van der Waals surface area contributed by atoms with Crippen molar-refractivity contribution in [2.24, 2.45) is 5.92 Å². The number of pyridine rings is 1. The molecule has 5 nitrogen and oxygen atoms in total. The number of hydrogen-bond donors (Lipinski definition) is 0. The van der Waals surface area contributed by atoms with Gasteiger partial charge in [0.2, 0.25) is 0 Å². The highest BCUT2D eigenvalue weighted by Crippen LogP contribution is 2.33. The molecule has 1 saturated carbocycles. The summed E-state index contributed by atoms with van der Waals surface area (Å²) in [5.74, 6) is 0.833. The van der Waals surface area contributed by atoms with Crippen molar-refractivity contribution in [3.8, 4) is 22.4 Å². The van der Waals surface area contributed by atoms with Crippen LogP contribution in [0.5, 0.6) is 0 Å². The Kier molecular flexibility index (Phi) is 4.23. The molecular weight excluding hydrogens is 348 g/mol. The van der Waals surface area contributed by atoms with Crippen LogP contribution in [0.3, 0.4) is 0 Å². The minimum Gasteiger partial charge on any atom is -0.337 e. The fourth-order valence-electron chi connectivity index (χ4n) is 4.52. The molecule has 0 unspecified atom stereocenters. The summed E-state index contributed by atoms with van der Waals surface area (Å²) in [6.07, 6.45) is 11.2. The third kappa shape index (κ3) is 3.01. The second-order valence-electron chi connectivity index (χ2n) is 8.03. The van der Waals surface area contributed by atoms with Crippen molar-refractivity contribution in [2.45, 2.75) is 38.8 Å². The molecule has 1 aromatic carbocycles. The molecule has 0 atom stereocenters. The molecule has 28 heavy (non-hydrogen) atoms.